The summed E-state index contributed by atoms with van der Waals surface area (Å²) in [5.74, 6) is -5.38. The van der Waals surface area contributed by atoms with E-state index in [4.69, 9.17) is 9.84 Å². The van der Waals surface area contributed by atoms with E-state index < -0.39 is 47.4 Å². The van der Waals surface area contributed by atoms with Crippen LogP contribution >= 0.6 is 0 Å². The summed E-state index contributed by atoms with van der Waals surface area (Å²) in [6, 6.07) is -1.19. The number of aliphatic carboxylic acids is 1. The van der Waals surface area contributed by atoms with E-state index in [1.807, 2.05) is 0 Å². The molecule has 2 unspecified atom stereocenters. The number of rotatable bonds is 4. The molecule has 0 aliphatic heterocycles. The number of carboxylic acid groups (broad SMARTS) is 1. The van der Waals surface area contributed by atoms with Crippen LogP contribution in [0.2, 0.25) is 0 Å². The van der Waals surface area contributed by atoms with Gasteiger partial charge in [0.2, 0.25) is 0 Å². The lowest BCUT2D eigenvalue weighted by Gasteiger charge is -2.30. The van der Waals surface area contributed by atoms with Gasteiger partial charge in [0.25, 0.3) is 5.92 Å². The van der Waals surface area contributed by atoms with Crippen LogP contribution in [0.15, 0.2) is 0 Å². The van der Waals surface area contributed by atoms with Crippen molar-refractivity contribution in [1.29, 1.82) is 0 Å². The maximum Gasteiger partial charge on any atom is 0.407 e. The Balaban J connectivity index is 2.92. The molecule has 0 bridgehead atoms. The summed E-state index contributed by atoms with van der Waals surface area (Å²) in [5, 5.41) is 11.4. The van der Waals surface area contributed by atoms with Crippen LogP contribution in [0.25, 0.3) is 0 Å². The predicted octanol–water partition coefficient (Wildman–Crippen LogP) is 2.65. The molecule has 0 heterocycles. The number of ether oxygens (including phenoxy) is 1. The summed E-state index contributed by atoms with van der Waals surface area (Å²) in [6.45, 7) is 8.07. The van der Waals surface area contributed by atoms with Gasteiger partial charge >= 0.3 is 12.1 Å². The van der Waals surface area contributed by atoms with Crippen molar-refractivity contribution in [2.75, 3.05) is 0 Å². The fraction of sp³-hybridized carbons (Fsp3) is 0.846. The van der Waals surface area contributed by atoms with Crippen molar-refractivity contribution in [3.63, 3.8) is 0 Å². The monoisotopic (exact) mass is 293 g/mol. The topological polar surface area (TPSA) is 75.6 Å². The second kappa shape index (κ2) is 4.86. The second-order valence-electron chi connectivity index (χ2n) is 6.53. The molecule has 0 aromatic rings. The van der Waals surface area contributed by atoms with Gasteiger partial charge in [0.15, 0.2) is 5.41 Å². The fourth-order valence-electron chi connectivity index (χ4n) is 2.30. The minimum absolute atomic E-state index is 0.466. The highest BCUT2D eigenvalue weighted by molar-refractivity contribution is 5.83. The molecule has 1 rings (SSSR count). The number of alkyl carbamates (subject to hydrolysis) is 1. The number of hydrogen-bond donors (Lipinski definition) is 2. The van der Waals surface area contributed by atoms with Crippen LogP contribution < -0.4 is 5.32 Å². The highest BCUT2D eigenvalue weighted by atomic mass is 19.3. The molecular formula is C13H21F2NO4. The van der Waals surface area contributed by atoms with Gasteiger partial charge in [0.1, 0.15) is 5.60 Å². The molecule has 5 nitrogen and oxygen atoms in total. The van der Waals surface area contributed by atoms with Crippen molar-refractivity contribution in [2.24, 2.45) is 11.3 Å². The second-order valence-corrected chi connectivity index (χ2v) is 6.53. The molecule has 7 heteroatoms. The largest absolute Gasteiger partial charge is 0.481 e. The van der Waals surface area contributed by atoms with Crippen LogP contribution in [-0.4, -0.2) is 34.7 Å². The zero-order chi connectivity index (χ0) is 15.9. The van der Waals surface area contributed by atoms with Crippen LogP contribution in [0.5, 0.6) is 0 Å². The molecule has 0 radical (unpaired) electrons. The fourth-order valence-corrected chi connectivity index (χ4v) is 2.30. The predicted molar refractivity (Wildman–Crippen MR) is 67.6 cm³/mol. The van der Waals surface area contributed by atoms with E-state index in [1.54, 1.807) is 34.6 Å². The molecule has 0 aromatic carbocycles. The van der Waals surface area contributed by atoms with Crippen molar-refractivity contribution < 1.29 is 28.2 Å². The van der Waals surface area contributed by atoms with Gasteiger partial charge < -0.3 is 15.2 Å². The molecule has 1 aliphatic carbocycles. The molecule has 1 fully saturated rings. The van der Waals surface area contributed by atoms with E-state index in [0.29, 0.717) is 0 Å². The van der Waals surface area contributed by atoms with Crippen LogP contribution in [0.3, 0.4) is 0 Å². The molecule has 1 aliphatic rings. The van der Waals surface area contributed by atoms with Crippen molar-refractivity contribution >= 4 is 12.1 Å². The quantitative estimate of drug-likeness (QED) is 0.835. The first kappa shape index (κ1) is 16.7. The van der Waals surface area contributed by atoms with E-state index in [2.05, 4.69) is 5.32 Å². The van der Waals surface area contributed by atoms with E-state index in [9.17, 15) is 18.4 Å². The normalized spacial score (nSPS) is 26.0. The van der Waals surface area contributed by atoms with E-state index in [-0.39, 0.29) is 0 Å². The summed E-state index contributed by atoms with van der Waals surface area (Å²) in [6.07, 6.45) is -1.66. The summed E-state index contributed by atoms with van der Waals surface area (Å²) in [4.78, 5) is 23.0. The standard InChI is InChI=1S/C13H21F2NO4/c1-7(2)8(16-10(19)20-11(3,4)5)12(9(17)18)6-13(12,14)15/h7-8H,6H2,1-5H3,(H,16,19)(H,17,18). The average Bonchev–Trinajstić information content (AvgIpc) is 2.76. The molecule has 20 heavy (non-hydrogen) atoms. The number of carbonyl (C=O) groups is 2. The number of nitrogens with one attached hydrogen (secondary N) is 1. The summed E-state index contributed by atoms with van der Waals surface area (Å²) >= 11 is 0. The highest BCUT2D eigenvalue weighted by Gasteiger charge is 2.80. The smallest absolute Gasteiger partial charge is 0.407 e. The molecule has 116 valence electrons. The first-order valence-electron chi connectivity index (χ1n) is 6.44. The maximum absolute atomic E-state index is 13.5. The summed E-state index contributed by atoms with van der Waals surface area (Å²) in [5.41, 5.74) is -3.02. The van der Waals surface area contributed by atoms with Gasteiger partial charge in [-0.15, -0.1) is 0 Å². The Morgan fingerprint density at radius 1 is 1.30 bits per heavy atom. The summed E-state index contributed by atoms with van der Waals surface area (Å²) in [7, 11) is 0. The van der Waals surface area contributed by atoms with E-state index in [0.717, 1.165) is 0 Å². The summed E-state index contributed by atoms with van der Waals surface area (Å²) < 4.78 is 32.1. The third kappa shape index (κ3) is 3.02. The molecule has 2 atom stereocenters. The van der Waals surface area contributed by atoms with Gasteiger partial charge in [-0.3, -0.25) is 4.79 Å². The van der Waals surface area contributed by atoms with Crippen LogP contribution in [0.4, 0.5) is 13.6 Å². The van der Waals surface area contributed by atoms with E-state index in [1.165, 1.54) is 0 Å². The van der Waals surface area contributed by atoms with Crippen molar-refractivity contribution in [1.82, 2.24) is 5.32 Å². The highest BCUT2D eigenvalue weighted by Crippen LogP contribution is 2.63. The molecule has 0 saturated heterocycles. The van der Waals surface area contributed by atoms with E-state index >= 15 is 0 Å². The number of carbonyl (C=O) groups excluding carboxylic acids is 1. The Hall–Kier alpha value is -1.40. The van der Waals surface area contributed by atoms with Gasteiger partial charge in [0, 0.05) is 6.42 Å². The SMILES string of the molecule is CC(C)C(NC(=O)OC(C)(C)C)C1(C(=O)O)CC1(F)F. The molecule has 1 amide bonds. The molecule has 2 N–H and O–H groups in total. The van der Waals surface area contributed by atoms with Gasteiger partial charge in [-0.1, -0.05) is 13.8 Å². The third-order valence-corrected chi connectivity index (χ3v) is 3.28. The van der Waals surface area contributed by atoms with Gasteiger partial charge in [-0.25, -0.2) is 13.6 Å². The van der Waals surface area contributed by atoms with Crippen molar-refractivity contribution in [2.45, 2.75) is 58.6 Å². The maximum atomic E-state index is 13.5. The molecular weight excluding hydrogens is 272 g/mol. The Morgan fingerprint density at radius 2 is 1.75 bits per heavy atom. The van der Waals surface area contributed by atoms with Gasteiger partial charge in [0.05, 0.1) is 6.04 Å². The molecule has 0 aromatic heterocycles. The third-order valence-electron chi connectivity index (χ3n) is 3.28. The molecule has 1 saturated carbocycles. The number of carboxylic acids is 1. The first-order chi connectivity index (χ1) is 8.83. The minimum atomic E-state index is -3.32. The Bertz CT molecular complexity index is 417. The average molecular weight is 293 g/mol. The Morgan fingerprint density at radius 3 is 2.00 bits per heavy atom. The molecule has 0 spiro atoms. The Labute approximate surface area is 116 Å². The zero-order valence-corrected chi connectivity index (χ0v) is 12.3. The Kier molecular flexibility index (Phi) is 4.04. The van der Waals surface area contributed by atoms with Crippen LogP contribution in [0, 0.1) is 11.3 Å². The first-order valence-corrected chi connectivity index (χ1v) is 6.44. The zero-order valence-electron chi connectivity index (χ0n) is 12.3. The minimum Gasteiger partial charge on any atom is -0.481 e. The van der Waals surface area contributed by atoms with Crippen LogP contribution in [-0.2, 0) is 9.53 Å². The lowest BCUT2D eigenvalue weighted by atomic mass is 9.87. The number of amides is 1. The lowest BCUT2D eigenvalue weighted by molar-refractivity contribution is -0.150. The number of alkyl halides is 2. The number of halogens is 2. The number of hydrogen-bond acceptors (Lipinski definition) is 3. The van der Waals surface area contributed by atoms with Crippen molar-refractivity contribution in [3.8, 4) is 0 Å². The van der Waals surface area contributed by atoms with Crippen molar-refractivity contribution in [3.05, 3.63) is 0 Å². The lowest BCUT2D eigenvalue weighted by Crippen LogP contribution is -2.51. The van der Waals surface area contributed by atoms with Crippen LogP contribution in [0.1, 0.15) is 41.0 Å². The van der Waals surface area contributed by atoms with Gasteiger partial charge in [-0.05, 0) is 26.7 Å². The van der Waals surface area contributed by atoms with Gasteiger partial charge in [-0.2, -0.15) is 0 Å².